The molecular weight excluding hydrogens is 336 g/mol. The normalized spacial score (nSPS) is 14.2. The van der Waals surface area contributed by atoms with Crippen LogP contribution in [0.15, 0.2) is 53.3 Å². The monoisotopic (exact) mass is 347 g/mol. The van der Waals surface area contributed by atoms with Crippen LogP contribution in [0.25, 0.3) is 11.6 Å². The zero-order chi connectivity index (χ0) is 17.5. The van der Waals surface area contributed by atoms with Gasteiger partial charge in [-0.05, 0) is 41.5 Å². The largest absolute Gasteiger partial charge is 0.322 e. The first-order valence-corrected chi connectivity index (χ1v) is 8.35. The zero-order valence-corrected chi connectivity index (χ0v) is 13.0. The standard InChI is InChI=1S/C17H11F2NO3S/c1-10(12-3-5-14(18)15(19)8-12)17(21)20-13-4-2-11-6-7-24(22,23)16(11)9-13/h2-9H,1H2,(H,20,21). The van der Waals surface area contributed by atoms with Crippen LogP contribution in [0.1, 0.15) is 11.1 Å². The van der Waals surface area contributed by atoms with Gasteiger partial charge in [0.15, 0.2) is 11.6 Å². The Morgan fingerprint density at radius 1 is 1.04 bits per heavy atom. The van der Waals surface area contributed by atoms with Crippen LogP contribution in [0.2, 0.25) is 0 Å². The molecule has 3 rings (SSSR count). The molecule has 2 aromatic carbocycles. The Hall–Kier alpha value is -2.80. The molecule has 1 aliphatic rings. The van der Waals surface area contributed by atoms with Crippen molar-refractivity contribution in [3.63, 3.8) is 0 Å². The number of fused-ring (bicyclic) bond motifs is 1. The highest BCUT2D eigenvalue weighted by molar-refractivity contribution is 7.94. The summed E-state index contributed by atoms with van der Waals surface area (Å²) in [7, 11) is -3.49. The first-order valence-electron chi connectivity index (χ1n) is 6.81. The molecule has 1 N–H and O–H groups in total. The van der Waals surface area contributed by atoms with Gasteiger partial charge in [-0.2, -0.15) is 0 Å². The quantitative estimate of drug-likeness (QED) is 0.866. The van der Waals surface area contributed by atoms with Gasteiger partial charge in [-0.25, -0.2) is 17.2 Å². The first kappa shape index (κ1) is 16.1. The molecule has 24 heavy (non-hydrogen) atoms. The summed E-state index contributed by atoms with van der Waals surface area (Å²) in [5.41, 5.74) is 0.847. The van der Waals surface area contributed by atoms with E-state index in [0.717, 1.165) is 17.5 Å². The van der Waals surface area contributed by atoms with Gasteiger partial charge in [0, 0.05) is 16.7 Å². The van der Waals surface area contributed by atoms with Gasteiger partial charge in [-0.1, -0.05) is 18.7 Å². The summed E-state index contributed by atoms with van der Waals surface area (Å²) in [6, 6.07) is 7.44. The Morgan fingerprint density at radius 3 is 2.50 bits per heavy atom. The van der Waals surface area contributed by atoms with Crippen molar-refractivity contribution in [2.75, 3.05) is 5.32 Å². The number of anilines is 1. The topological polar surface area (TPSA) is 63.2 Å². The van der Waals surface area contributed by atoms with Crippen molar-refractivity contribution in [1.29, 1.82) is 0 Å². The van der Waals surface area contributed by atoms with Gasteiger partial charge in [0.25, 0.3) is 5.91 Å². The molecule has 1 amide bonds. The Bertz CT molecular complexity index is 1010. The minimum Gasteiger partial charge on any atom is -0.322 e. The maximum Gasteiger partial charge on any atom is 0.255 e. The van der Waals surface area contributed by atoms with Crippen LogP contribution in [0.5, 0.6) is 0 Å². The van der Waals surface area contributed by atoms with E-state index in [9.17, 15) is 22.0 Å². The maximum atomic E-state index is 13.2. The van der Waals surface area contributed by atoms with Gasteiger partial charge in [0.1, 0.15) is 0 Å². The number of amides is 1. The fourth-order valence-electron chi connectivity index (χ4n) is 2.25. The van der Waals surface area contributed by atoms with Gasteiger partial charge in [-0.3, -0.25) is 4.79 Å². The number of benzene rings is 2. The van der Waals surface area contributed by atoms with Crippen LogP contribution in [0, 0.1) is 11.6 Å². The fourth-order valence-corrected chi connectivity index (χ4v) is 3.48. The third-order valence-corrected chi connectivity index (χ3v) is 5.01. The summed E-state index contributed by atoms with van der Waals surface area (Å²) in [5, 5.41) is 3.58. The molecule has 0 saturated heterocycles. The molecule has 0 aromatic heterocycles. The van der Waals surface area contributed by atoms with Crippen LogP contribution in [0.3, 0.4) is 0 Å². The molecule has 0 bridgehead atoms. The van der Waals surface area contributed by atoms with E-state index in [-0.39, 0.29) is 21.7 Å². The van der Waals surface area contributed by atoms with Gasteiger partial charge < -0.3 is 5.32 Å². The maximum absolute atomic E-state index is 13.2. The number of hydrogen-bond acceptors (Lipinski definition) is 3. The molecular formula is C17H11F2NO3S. The van der Waals surface area contributed by atoms with E-state index >= 15 is 0 Å². The van der Waals surface area contributed by atoms with Gasteiger partial charge >= 0.3 is 0 Å². The highest BCUT2D eigenvalue weighted by Gasteiger charge is 2.21. The number of carbonyl (C=O) groups excluding carboxylic acids is 1. The average molecular weight is 347 g/mol. The summed E-state index contributed by atoms with van der Waals surface area (Å²) in [6.07, 6.45) is 1.47. The molecule has 4 nitrogen and oxygen atoms in total. The van der Waals surface area contributed by atoms with Crippen molar-refractivity contribution in [2.45, 2.75) is 4.90 Å². The smallest absolute Gasteiger partial charge is 0.255 e. The van der Waals surface area contributed by atoms with Crippen molar-refractivity contribution < 1.29 is 22.0 Å². The fraction of sp³-hybridized carbons (Fsp3) is 0. The Labute approximate surface area is 137 Å². The predicted molar refractivity (Wildman–Crippen MR) is 86.7 cm³/mol. The lowest BCUT2D eigenvalue weighted by molar-refractivity contribution is -0.111. The van der Waals surface area contributed by atoms with Crippen molar-refractivity contribution in [2.24, 2.45) is 0 Å². The van der Waals surface area contributed by atoms with Crippen molar-refractivity contribution in [1.82, 2.24) is 0 Å². The third kappa shape index (κ3) is 2.85. The second-order valence-electron chi connectivity index (χ2n) is 5.16. The first-order chi connectivity index (χ1) is 11.3. The van der Waals surface area contributed by atoms with Crippen LogP contribution < -0.4 is 5.32 Å². The molecule has 1 heterocycles. The number of hydrogen-bond donors (Lipinski definition) is 1. The third-order valence-electron chi connectivity index (χ3n) is 3.55. The Kier molecular flexibility index (Phi) is 3.81. The molecule has 2 aromatic rings. The Balaban J connectivity index is 1.83. The number of nitrogens with one attached hydrogen (secondary N) is 1. The molecule has 0 spiro atoms. The minimum absolute atomic E-state index is 0.0737. The number of carbonyl (C=O) groups is 1. The summed E-state index contributed by atoms with van der Waals surface area (Å²) >= 11 is 0. The van der Waals surface area contributed by atoms with Crippen LogP contribution in [-0.2, 0) is 14.6 Å². The lowest BCUT2D eigenvalue weighted by atomic mass is 10.1. The summed E-state index contributed by atoms with van der Waals surface area (Å²) < 4.78 is 49.8. The predicted octanol–water partition coefficient (Wildman–Crippen LogP) is 3.37. The van der Waals surface area contributed by atoms with Gasteiger partial charge in [-0.15, -0.1) is 0 Å². The number of halogens is 2. The number of rotatable bonds is 3. The second kappa shape index (κ2) is 5.68. The molecule has 0 unspecified atom stereocenters. The molecule has 7 heteroatoms. The molecule has 122 valence electrons. The molecule has 0 fully saturated rings. The molecule has 0 saturated carbocycles. The lowest BCUT2D eigenvalue weighted by Gasteiger charge is -2.09. The zero-order valence-electron chi connectivity index (χ0n) is 12.2. The summed E-state index contributed by atoms with van der Waals surface area (Å²) in [4.78, 5) is 12.3. The molecule has 1 aliphatic heterocycles. The van der Waals surface area contributed by atoms with Gasteiger partial charge in [0.05, 0.1) is 4.90 Å². The van der Waals surface area contributed by atoms with E-state index < -0.39 is 27.4 Å². The van der Waals surface area contributed by atoms with E-state index in [0.29, 0.717) is 5.56 Å². The Morgan fingerprint density at radius 2 is 1.79 bits per heavy atom. The molecule has 0 atom stereocenters. The SMILES string of the molecule is C=C(C(=O)Nc1ccc2c(c1)S(=O)(=O)C=C2)c1ccc(F)c(F)c1. The lowest BCUT2D eigenvalue weighted by Crippen LogP contribution is -2.13. The van der Waals surface area contributed by atoms with E-state index in [2.05, 4.69) is 11.9 Å². The highest BCUT2D eigenvalue weighted by Crippen LogP contribution is 2.29. The van der Waals surface area contributed by atoms with E-state index in [1.807, 2.05) is 0 Å². The number of sulfone groups is 1. The highest BCUT2D eigenvalue weighted by atomic mass is 32.2. The molecule has 0 radical (unpaired) electrons. The van der Waals surface area contributed by atoms with E-state index in [4.69, 9.17) is 0 Å². The summed E-state index contributed by atoms with van der Waals surface area (Å²) in [5.74, 6) is -2.76. The van der Waals surface area contributed by atoms with Crippen LogP contribution >= 0.6 is 0 Å². The van der Waals surface area contributed by atoms with Crippen LogP contribution in [-0.4, -0.2) is 14.3 Å². The average Bonchev–Trinajstić information content (AvgIpc) is 2.84. The van der Waals surface area contributed by atoms with Gasteiger partial charge in [0.2, 0.25) is 9.84 Å². The van der Waals surface area contributed by atoms with E-state index in [1.54, 1.807) is 12.1 Å². The summed E-state index contributed by atoms with van der Waals surface area (Å²) in [6.45, 7) is 3.56. The van der Waals surface area contributed by atoms with Crippen molar-refractivity contribution in [3.8, 4) is 0 Å². The van der Waals surface area contributed by atoms with Crippen molar-refractivity contribution >= 4 is 33.1 Å². The van der Waals surface area contributed by atoms with E-state index in [1.165, 1.54) is 18.2 Å². The van der Waals surface area contributed by atoms with Crippen molar-refractivity contribution in [3.05, 3.63) is 71.1 Å². The molecule has 0 aliphatic carbocycles. The minimum atomic E-state index is -3.49. The van der Waals surface area contributed by atoms with Crippen LogP contribution in [0.4, 0.5) is 14.5 Å². The second-order valence-corrected chi connectivity index (χ2v) is 6.96.